The van der Waals surface area contributed by atoms with Gasteiger partial charge in [-0.15, -0.1) is 0 Å². The molecule has 0 aromatic heterocycles. The standard InChI is InChI=1S/C18H24N2O/c1-20(17-8-10-21-11-9-17)13-18(19)16-7-6-14-4-2-3-5-15(14)12-16/h2-7,12,17-18H,8-11,13,19H2,1H3. The zero-order valence-corrected chi connectivity index (χ0v) is 12.7. The van der Waals surface area contributed by atoms with E-state index in [1.165, 1.54) is 16.3 Å². The van der Waals surface area contributed by atoms with Crippen molar-refractivity contribution in [3.63, 3.8) is 0 Å². The van der Waals surface area contributed by atoms with Gasteiger partial charge in [-0.2, -0.15) is 0 Å². The van der Waals surface area contributed by atoms with Gasteiger partial charge in [-0.05, 0) is 42.3 Å². The minimum absolute atomic E-state index is 0.0578. The Balaban J connectivity index is 1.69. The molecule has 3 heteroatoms. The Morgan fingerprint density at radius 3 is 2.62 bits per heavy atom. The fourth-order valence-corrected chi connectivity index (χ4v) is 3.13. The molecule has 2 aromatic rings. The van der Waals surface area contributed by atoms with Crippen LogP contribution in [-0.2, 0) is 4.74 Å². The highest BCUT2D eigenvalue weighted by molar-refractivity contribution is 5.83. The van der Waals surface area contributed by atoms with Gasteiger partial charge in [0, 0.05) is 31.8 Å². The van der Waals surface area contributed by atoms with Gasteiger partial charge in [-0.3, -0.25) is 0 Å². The Morgan fingerprint density at radius 1 is 1.14 bits per heavy atom. The van der Waals surface area contributed by atoms with Crippen LogP contribution in [0.15, 0.2) is 42.5 Å². The van der Waals surface area contributed by atoms with Crippen molar-refractivity contribution in [2.45, 2.75) is 24.9 Å². The lowest BCUT2D eigenvalue weighted by atomic mass is 10.0. The monoisotopic (exact) mass is 284 g/mol. The van der Waals surface area contributed by atoms with Gasteiger partial charge < -0.3 is 15.4 Å². The van der Waals surface area contributed by atoms with Crippen LogP contribution in [0.25, 0.3) is 10.8 Å². The SMILES string of the molecule is CN(CC(N)c1ccc2ccccc2c1)C1CCOCC1. The fourth-order valence-electron chi connectivity index (χ4n) is 3.13. The number of ether oxygens (including phenoxy) is 1. The molecule has 2 aromatic carbocycles. The van der Waals surface area contributed by atoms with Crippen LogP contribution in [0, 0.1) is 0 Å². The molecule has 3 nitrogen and oxygen atoms in total. The summed E-state index contributed by atoms with van der Waals surface area (Å²) in [4.78, 5) is 2.39. The number of likely N-dealkylation sites (N-methyl/N-ethyl adjacent to an activating group) is 1. The first-order valence-corrected chi connectivity index (χ1v) is 7.76. The third-order valence-corrected chi connectivity index (χ3v) is 4.50. The average molecular weight is 284 g/mol. The molecule has 0 spiro atoms. The molecule has 112 valence electrons. The summed E-state index contributed by atoms with van der Waals surface area (Å²) >= 11 is 0. The molecule has 2 N–H and O–H groups in total. The second-order valence-electron chi connectivity index (χ2n) is 6.00. The second-order valence-corrected chi connectivity index (χ2v) is 6.00. The van der Waals surface area contributed by atoms with Crippen molar-refractivity contribution in [1.82, 2.24) is 4.90 Å². The number of benzene rings is 2. The van der Waals surface area contributed by atoms with E-state index in [-0.39, 0.29) is 6.04 Å². The number of hydrogen-bond acceptors (Lipinski definition) is 3. The lowest BCUT2D eigenvalue weighted by Gasteiger charge is -2.33. The zero-order chi connectivity index (χ0) is 14.7. The van der Waals surface area contributed by atoms with Crippen molar-refractivity contribution >= 4 is 10.8 Å². The lowest BCUT2D eigenvalue weighted by Crippen LogP contribution is -2.40. The van der Waals surface area contributed by atoms with Crippen LogP contribution in [0.4, 0.5) is 0 Å². The van der Waals surface area contributed by atoms with Crippen LogP contribution >= 0.6 is 0 Å². The van der Waals surface area contributed by atoms with Gasteiger partial charge in [-0.1, -0.05) is 36.4 Å². The number of nitrogens with two attached hydrogens (primary N) is 1. The molecule has 0 radical (unpaired) electrons. The topological polar surface area (TPSA) is 38.5 Å². The maximum absolute atomic E-state index is 6.42. The third kappa shape index (κ3) is 3.43. The van der Waals surface area contributed by atoms with Crippen LogP contribution in [0.5, 0.6) is 0 Å². The summed E-state index contributed by atoms with van der Waals surface area (Å²) in [5.41, 5.74) is 7.64. The van der Waals surface area contributed by atoms with E-state index in [1.54, 1.807) is 0 Å². The van der Waals surface area contributed by atoms with E-state index in [2.05, 4.69) is 54.4 Å². The largest absolute Gasteiger partial charge is 0.381 e. The molecule has 1 saturated heterocycles. The Hall–Kier alpha value is -1.42. The van der Waals surface area contributed by atoms with E-state index in [4.69, 9.17) is 10.5 Å². The third-order valence-electron chi connectivity index (χ3n) is 4.50. The Labute approximate surface area is 126 Å². The van der Waals surface area contributed by atoms with Crippen molar-refractivity contribution < 1.29 is 4.74 Å². The molecular weight excluding hydrogens is 260 g/mol. The Kier molecular flexibility index (Phi) is 4.54. The molecule has 1 unspecified atom stereocenters. The van der Waals surface area contributed by atoms with Crippen LogP contribution in [0.1, 0.15) is 24.4 Å². The molecule has 1 heterocycles. The summed E-state index contributed by atoms with van der Waals surface area (Å²) in [7, 11) is 2.18. The molecule has 0 saturated carbocycles. The minimum Gasteiger partial charge on any atom is -0.381 e. The number of nitrogens with zero attached hydrogens (tertiary/aromatic N) is 1. The van der Waals surface area contributed by atoms with Crippen LogP contribution < -0.4 is 5.73 Å². The summed E-state index contributed by atoms with van der Waals surface area (Å²) in [6.45, 7) is 2.64. The van der Waals surface area contributed by atoms with Crippen molar-refractivity contribution in [3.8, 4) is 0 Å². The first kappa shape index (κ1) is 14.5. The maximum Gasteiger partial charge on any atom is 0.0480 e. The van der Waals surface area contributed by atoms with E-state index in [9.17, 15) is 0 Å². The van der Waals surface area contributed by atoms with E-state index in [0.717, 1.165) is 32.6 Å². The molecule has 21 heavy (non-hydrogen) atoms. The van der Waals surface area contributed by atoms with Crippen molar-refractivity contribution in [2.75, 3.05) is 26.8 Å². The summed E-state index contributed by atoms with van der Waals surface area (Å²) in [6.07, 6.45) is 2.22. The summed E-state index contributed by atoms with van der Waals surface area (Å²) in [5.74, 6) is 0. The number of hydrogen-bond donors (Lipinski definition) is 1. The van der Waals surface area contributed by atoms with Crippen LogP contribution in [0.2, 0.25) is 0 Å². The fraction of sp³-hybridized carbons (Fsp3) is 0.444. The second kappa shape index (κ2) is 6.56. The van der Waals surface area contributed by atoms with Gasteiger partial charge in [0.25, 0.3) is 0 Å². The molecule has 1 aliphatic rings. The molecular formula is C18H24N2O. The molecule has 1 fully saturated rings. The summed E-state index contributed by atoms with van der Waals surface area (Å²) in [6, 6.07) is 15.6. The molecule has 0 bridgehead atoms. The Bertz CT molecular complexity index is 593. The molecule has 1 atom stereocenters. The van der Waals surface area contributed by atoms with Crippen LogP contribution in [0.3, 0.4) is 0 Å². The number of fused-ring (bicyclic) bond motifs is 1. The van der Waals surface area contributed by atoms with Gasteiger partial charge in [-0.25, -0.2) is 0 Å². The first-order chi connectivity index (χ1) is 10.2. The maximum atomic E-state index is 6.42. The smallest absolute Gasteiger partial charge is 0.0480 e. The molecule has 0 aliphatic carbocycles. The highest BCUT2D eigenvalue weighted by atomic mass is 16.5. The van der Waals surface area contributed by atoms with Gasteiger partial charge in [0.15, 0.2) is 0 Å². The predicted molar refractivity (Wildman–Crippen MR) is 87.3 cm³/mol. The van der Waals surface area contributed by atoms with Gasteiger partial charge in [0.05, 0.1) is 0 Å². The van der Waals surface area contributed by atoms with Crippen molar-refractivity contribution in [3.05, 3.63) is 48.0 Å². The summed E-state index contributed by atoms with van der Waals surface area (Å²) < 4.78 is 5.43. The van der Waals surface area contributed by atoms with Gasteiger partial charge in [0.1, 0.15) is 0 Å². The first-order valence-electron chi connectivity index (χ1n) is 7.76. The van der Waals surface area contributed by atoms with Gasteiger partial charge >= 0.3 is 0 Å². The molecule has 1 aliphatic heterocycles. The molecule has 3 rings (SSSR count). The highest BCUT2D eigenvalue weighted by Crippen LogP contribution is 2.21. The summed E-state index contributed by atoms with van der Waals surface area (Å²) in [5, 5.41) is 2.53. The number of rotatable bonds is 4. The van der Waals surface area contributed by atoms with Crippen LogP contribution in [-0.4, -0.2) is 37.7 Å². The quantitative estimate of drug-likeness (QED) is 0.938. The Morgan fingerprint density at radius 2 is 1.86 bits per heavy atom. The van der Waals surface area contributed by atoms with Crippen molar-refractivity contribution in [1.29, 1.82) is 0 Å². The lowest BCUT2D eigenvalue weighted by molar-refractivity contribution is 0.0413. The van der Waals surface area contributed by atoms with Gasteiger partial charge in [0.2, 0.25) is 0 Å². The van der Waals surface area contributed by atoms with E-state index in [0.29, 0.717) is 6.04 Å². The highest BCUT2D eigenvalue weighted by Gasteiger charge is 2.20. The minimum atomic E-state index is 0.0578. The molecule has 0 amide bonds. The van der Waals surface area contributed by atoms with E-state index < -0.39 is 0 Å². The van der Waals surface area contributed by atoms with E-state index in [1.807, 2.05) is 0 Å². The van der Waals surface area contributed by atoms with E-state index >= 15 is 0 Å². The normalized spacial score (nSPS) is 18.2. The van der Waals surface area contributed by atoms with Crippen molar-refractivity contribution in [2.24, 2.45) is 5.73 Å². The zero-order valence-electron chi connectivity index (χ0n) is 12.7. The predicted octanol–water partition coefficient (Wildman–Crippen LogP) is 2.95. The average Bonchev–Trinajstić information content (AvgIpc) is 2.55.